The van der Waals surface area contributed by atoms with Crippen molar-refractivity contribution in [3.05, 3.63) is 24.1 Å². The summed E-state index contributed by atoms with van der Waals surface area (Å²) in [6, 6.07) is 5.16. The van der Waals surface area contributed by atoms with E-state index in [4.69, 9.17) is 9.68 Å². The number of aromatic nitrogens is 1. The Kier molecular flexibility index (Phi) is 3.28. The molecule has 104 valence electrons. The molecule has 1 saturated heterocycles. The van der Waals surface area contributed by atoms with Crippen LogP contribution in [0.2, 0.25) is 0 Å². The summed E-state index contributed by atoms with van der Waals surface area (Å²) in [7, 11) is 1.92. The number of pyridine rings is 1. The summed E-state index contributed by atoms with van der Waals surface area (Å²) >= 11 is 0. The smallest absolute Gasteiger partial charge is 0.204 e. The van der Waals surface area contributed by atoms with Crippen molar-refractivity contribution in [3.8, 4) is 6.07 Å². The number of fused-ring (bicyclic) bond motifs is 1. The number of piperidine rings is 1. The quantitative estimate of drug-likeness (QED) is 0.909. The molecule has 0 amide bonds. The first-order valence-corrected chi connectivity index (χ1v) is 6.54. The fraction of sp³-hybridized carbons (Fsp3) is 0.429. The van der Waals surface area contributed by atoms with Crippen LogP contribution >= 0.6 is 0 Å². The SMILES string of the molecule is CN1CC[C@H](Nc2cc3cc(C#N)oc3cn2)[C@@H](F)C1. The molecule has 0 spiro atoms. The Morgan fingerprint density at radius 2 is 2.40 bits per heavy atom. The van der Waals surface area contributed by atoms with E-state index in [2.05, 4.69) is 10.3 Å². The largest absolute Gasteiger partial charge is 0.444 e. The lowest BCUT2D eigenvalue weighted by Crippen LogP contribution is -2.46. The molecule has 1 aliphatic heterocycles. The molecule has 2 aromatic rings. The van der Waals surface area contributed by atoms with E-state index in [1.807, 2.05) is 18.0 Å². The molecular weight excluding hydrogens is 259 g/mol. The first-order valence-electron chi connectivity index (χ1n) is 6.54. The second-order valence-electron chi connectivity index (χ2n) is 5.15. The molecule has 6 heteroatoms. The van der Waals surface area contributed by atoms with Gasteiger partial charge in [0.05, 0.1) is 12.2 Å². The highest BCUT2D eigenvalue weighted by Crippen LogP contribution is 2.23. The van der Waals surface area contributed by atoms with E-state index >= 15 is 0 Å². The number of nitrogens with zero attached hydrogens (tertiary/aromatic N) is 3. The molecule has 1 N–H and O–H groups in total. The number of hydrogen-bond acceptors (Lipinski definition) is 5. The van der Waals surface area contributed by atoms with Gasteiger partial charge in [-0.25, -0.2) is 9.37 Å². The van der Waals surface area contributed by atoms with Gasteiger partial charge in [0.2, 0.25) is 5.76 Å². The molecule has 0 bridgehead atoms. The molecule has 5 nitrogen and oxygen atoms in total. The third-order valence-corrected chi connectivity index (χ3v) is 3.59. The Bertz CT molecular complexity index is 663. The van der Waals surface area contributed by atoms with Gasteiger partial charge in [-0.3, -0.25) is 0 Å². The van der Waals surface area contributed by atoms with Gasteiger partial charge in [-0.2, -0.15) is 5.26 Å². The lowest BCUT2D eigenvalue weighted by atomic mass is 10.0. The highest BCUT2D eigenvalue weighted by molar-refractivity contribution is 5.80. The van der Waals surface area contributed by atoms with Crippen molar-refractivity contribution in [3.63, 3.8) is 0 Å². The number of nitriles is 1. The molecule has 0 radical (unpaired) electrons. The first kappa shape index (κ1) is 12.9. The summed E-state index contributed by atoms with van der Waals surface area (Å²) in [5, 5.41) is 12.7. The van der Waals surface area contributed by atoms with Crippen molar-refractivity contribution in [2.45, 2.75) is 18.6 Å². The molecule has 0 saturated carbocycles. The van der Waals surface area contributed by atoms with Gasteiger partial charge in [0, 0.05) is 24.5 Å². The van der Waals surface area contributed by atoms with E-state index in [-0.39, 0.29) is 11.8 Å². The average Bonchev–Trinajstić information content (AvgIpc) is 2.84. The van der Waals surface area contributed by atoms with Crippen molar-refractivity contribution >= 4 is 16.8 Å². The van der Waals surface area contributed by atoms with Gasteiger partial charge >= 0.3 is 0 Å². The molecule has 0 aromatic carbocycles. The van der Waals surface area contributed by atoms with Crippen LogP contribution in [0.1, 0.15) is 12.2 Å². The van der Waals surface area contributed by atoms with Crippen molar-refractivity contribution in [2.24, 2.45) is 0 Å². The number of nitrogens with one attached hydrogen (secondary N) is 1. The molecular formula is C14H15FN4O. The van der Waals surface area contributed by atoms with Crippen LogP contribution in [-0.2, 0) is 0 Å². The molecule has 0 aliphatic carbocycles. The molecule has 3 rings (SSSR count). The number of rotatable bonds is 2. The van der Waals surface area contributed by atoms with Gasteiger partial charge in [-0.15, -0.1) is 0 Å². The summed E-state index contributed by atoms with van der Waals surface area (Å²) in [5.41, 5.74) is 0.562. The standard InChI is InChI=1S/C14H15FN4O/c1-19-3-2-12(11(15)8-19)18-14-5-9-4-10(6-16)20-13(9)7-17-14/h4-5,7,11-12H,2-3,8H2,1H3,(H,17,18)/t11-,12-/m0/s1. The third kappa shape index (κ3) is 2.45. The average molecular weight is 274 g/mol. The van der Waals surface area contributed by atoms with Crippen LogP contribution in [0.5, 0.6) is 0 Å². The van der Waals surface area contributed by atoms with Crippen molar-refractivity contribution in [2.75, 3.05) is 25.5 Å². The minimum Gasteiger partial charge on any atom is -0.444 e. The van der Waals surface area contributed by atoms with Crippen LogP contribution in [0.15, 0.2) is 22.7 Å². The minimum absolute atomic E-state index is 0.224. The summed E-state index contributed by atoms with van der Waals surface area (Å²) < 4.78 is 19.2. The number of hydrogen-bond donors (Lipinski definition) is 1. The van der Waals surface area contributed by atoms with Gasteiger partial charge < -0.3 is 14.6 Å². The molecule has 20 heavy (non-hydrogen) atoms. The summed E-state index contributed by atoms with van der Waals surface area (Å²) in [6.45, 7) is 1.30. The lowest BCUT2D eigenvalue weighted by Gasteiger charge is -2.32. The second-order valence-corrected chi connectivity index (χ2v) is 5.15. The fourth-order valence-electron chi connectivity index (χ4n) is 2.49. The molecule has 2 aromatic heterocycles. The van der Waals surface area contributed by atoms with Crippen LogP contribution in [0.3, 0.4) is 0 Å². The van der Waals surface area contributed by atoms with E-state index in [0.717, 1.165) is 18.4 Å². The normalized spacial score (nSPS) is 23.6. The molecule has 0 unspecified atom stereocenters. The summed E-state index contributed by atoms with van der Waals surface area (Å²) in [4.78, 5) is 6.19. The minimum atomic E-state index is -0.912. The zero-order valence-electron chi connectivity index (χ0n) is 11.1. The Morgan fingerprint density at radius 1 is 1.55 bits per heavy atom. The van der Waals surface area contributed by atoms with E-state index in [1.165, 1.54) is 0 Å². The summed E-state index contributed by atoms with van der Waals surface area (Å²) in [6.07, 6.45) is 1.39. The van der Waals surface area contributed by atoms with Crippen LogP contribution in [0, 0.1) is 11.3 Å². The van der Waals surface area contributed by atoms with E-state index < -0.39 is 6.17 Å². The highest BCUT2D eigenvalue weighted by Gasteiger charge is 2.27. The maximum absolute atomic E-state index is 14.0. The van der Waals surface area contributed by atoms with Gasteiger partial charge in [0.15, 0.2) is 5.58 Å². The Hall–Kier alpha value is -2.13. The van der Waals surface area contributed by atoms with E-state index in [0.29, 0.717) is 17.9 Å². The monoisotopic (exact) mass is 274 g/mol. The Labute approximate surface area is 116 Å². The van der Waals surface area contributed by atoms with E-state index in [1.54, 1.807) is 18.3 Å². The predicted molar refractivity (Wildman–Crippen MR) is 73.1 cm³/mol. The maximum Gasteiger partial charge on any atom is 0.204 e. The zero-order chi connectivity index (χ0) is 14.1. The van der Waals surface area contributed by atoms with Gasteiger partial charge in [0.1, 0.15) is 18.1 Å². The Balaban J connectivity index is 1.79. The number of alkyl halides is 1. The van der Waals surface area contributed by atoms with Crippen LogP contribution < -0.4 is 5.32 Å². The number of anilines is 1. The van der Waals surface area contributed by atoms with Crippen LogP contribution in [0.4, 0.5) is 10.2 Å². The first-order chi connectivity index (χ1) is 9.65. The molecule has 1 aliphatic rings. The lowest BCUT2D eigenvalue weighted by molar-refractivity contribution is 0.149. The van der Waals surface area contributed by atoms with Crippen molar-refractivity contribution < 1.29 is 8.81 Å². The zero-order valence-corrected chi connectivity index (χ0v) is 11.1. The van der Waals surface area contributed by atoms with Gasteiger partial charge in [0.25, 0.3) is 0 Å². The third-order valence-electron chi connectivity index (χ3n) is 3.59. The van der Waals surface area contributed by atoms with Crippen molar-refractivity contribution in [1.82, 2.24) is 9.88 Å². The maximum atomic E-state index is 14.0. The van der Waals surface area contributed by atoms with Gasteiger partial charge in [-0.1, -0.05) is 0 Å². The van der Waals surface area contributed by atoms with Crippen LogP contribution in [0.25, 0.3) is 11.0 Å². The highest BCUT2D eigenvalue weighted by atomic mass is 19.1. The van der Waals surface area contributed by atoms with Crippen LogP contribution in [-0.4, -0.2) is 42.2 Å². The molecule has 3 heterocycles. The van der Waals surface area contributed by atoms with E-state index in [9.17, 15) is 4.39 Å². The number of furan rings is 1. The predicted octanol–water partition coefficient (Wildman–Crippen LogP) is 2.15. The topological polar surface area (TPSA) is 65.1 Å². The number of likely N-dealkylation sites (tertiary alicyclic amines) is 1. The summed E-state index contributed by atoms with van der Waals surface area (Å²) in [5.74, 6) is 0.863. The Morgan fingerprint density at radius 3 is 3.15 bits per heavy atom. The second kappa shape index (κ2) is 5.10. The molecule has 2 atom stereocenters. The van der Waals surface area contributed by atoms with Crippen molar-refractivity contribution in [1.29, 1.82) is 5.26 Å². The number of halogens is 1. The van der Waals surface area contributed by atoms with Gasteiger partial charge in [-0.05, 0) is 19.5 Å². The molecule has 1 fully saturated rings. The fourth-order valence-corrected chi connectivity index (χ4v) is 2.49.